The Hall–Kier alpha value is -1.79. The Labute approximate surface area is 148 Å². The van der Waals surface area contributed by atoms with Crippen LogP contribution in [0.1, 0.15) is 15.9 Å². The highest BCUT2D eigenvalue weighted by Gasteiger charge is 2.11. The van der Waals surface area contributed by atoms with Crippen LogP contribution < -0.4 is 14.8 Å². The Morgan fingerprint density at radius 3 is 2.61 bits per heavy atom. The standard InChI is InChI=1S/C16H16BrClN2O3/c1-22-13-7-10(12(17)9-14(13)23-2)3-6-20-16(21)11-4-5-19-15(18)8-11/h4-5,7-9H,3,6H2,1-2H3,(H,20,21). The minimum Gasteiger partial charge on any atom is -0.493 e. The van der Waals surface area contributed by atoms with Crippen molar-refractivity contribution in [3.63, 3.8) is 0 Å². The number of hydrogen-bond donors (Lipinski definition) is 1. The maximum absolute atomic E-state index is 12.0. The monoisotopic (exact) mass is 398 g/mol. The number of benzene rings is 1. The molecule has 7 heteroatoms. The number of hydrogen-bond acceptors (Lipinski definition) is 4. The highest BCUT2D eigenvalue weighted by atomic mass is 79.9. The van der Waals surface area contributed by atoms with Crippen LogP contribution in [0.15, 0.2) is 34.9 Å². The van der Waals surface area contributed by atoms with Crippen LogP contribution in [-0.4, -0.2) is 31.7 Å². The van der Waals surface area contributed by atoms with Crippen molar-refractivity contribution in [3.05, 3.63) is 51.2 Å². The maximum atomic E-state index is 12.0. The molecule has 0 aliphatic rings. The lowest BCUT2D eigenvalue weighted by atomic mass is 10.1. The second-order valence-electron chi connectivity index (χ2n) is 4.67. The highest BCUT2D eigenvalue weighted by molar-refractivity contribution is 9.10. The normalized spacial score (nSPS) is 10.3. The van der Waals surface area contributed by atoms with Gasteiger partial charge in [-0.25, -0.2) is 4.98 Å². The summed E-state index contributed by atoms with van der Waals surface area (Å²) in [5.41, 5.74) is 1.49. The van der Waals surface area contributed by atoms with E-state index in [0.29, 0.717) is 35.2 Å². The van der Waals surface area contributed by atoms with Crippen LogP contribution >= 0.6 is 27.5 Å². The number of nitrogens with zero attached hydrogens (tertiary/aromatic N) is 1. The van der Waals surface area contributed by atoms with Crippen LogP contribution in [-0.2, 0) is 6.42 Å². The SMILES string of the molecule is COc1cc(Br)c(CCNC(=O)c2ccnc(Cl)c2)cc1OC. The van der Waals surface area contributed by atoms with Gasteiger partial charge in [-0.2, -0.15) is 0 Å². The van der Waals surface area contributed by atoms with Crippen molar-refractivity contribution >= 4 is 33.4 Å². The Kier molecular flexibility index (Phi) is 6.24. The number of nitrogens with one attached hydrogen (secondary N) is 1. The van der Waals surface area contributed by atoms with Crippen LogP contribution in [0.25, 0.3) is 0 Å². The number of ether oxygens (including phenoxy) is 2. The molecule has 23 heavy (non-hydrogen) atoms. The molecule has 0 atom stereocenters. The summed E-state index contributed by atoms with van der Waals surface area (Å²) < 4.78 is 11.4. The van der Waals surface area contributed by atoms with E-state index < -0.39 is 0 Å². The lowest BCUT2D eigenvalue weighted by Crippen LogP contribution is -2.25. The number of methoxy groups -OCH3 is 2. The van der Waals surface area contributed by atoms with Gasteiger partial charge in [0.25, 0.3) is 5.91 Å². The summed E-state index contributed by atoms with van der Waals surface area (Å²) in [6, 6.07) is 6.88. The number of amides is 1. The molecule has 2 rings (SSSR count). The molecule has 0 bridgehead atoms. The van der Waals surface area contributed by atoms with Crippen LogP contribution in [0.4, 0.5) is 0 Å². The Balaban J connectivity index is 2.00. The average molecular weight is 400 g/mol. The van der Waals surface area contributed by atoms with Gasteiger partial charge in [0.05, 0.1) is 14.2 Å². The molecule has 0 spiro atoms. The van der Waals surface area contributed by atoms with Gasteiger partial charge in [-0.05, 0) is 36.2 Å². The van der Waals surface area contributed by atoms with Gasteiger partial charge in [-0.3, -0.25) is 4.79 Å². The molecule has 0 unspecified atom stereocenters. The van der Waals surface area contributed by atoms with Crippen molar-refractivity contribution in [2.75, 3.05) is 20.8 Å². The van der Waals surface area contributed by atoms with Gasteiger partial charge >= 0.3 is 0 Å². The molecule has 0 saturated heterocycles. The van der Waals surface area contributed by atoms with Crippen LogP contribution in [0.2, 0.25) is 5.15 Å². The van der Waals surface area contributed by atoms with Crippen molar-refractivity contribution in [2.45, 2.75) is 6.42 Å². The molecule has 0 aliphatic heterocycles. The average Bonchev–Trinajstić information content (AvgIpc) is 2.55. The molecule has 2 aromatic rings. The van der Waals surface area contributed by atoms with Crippen LogP contribution in [0, 0.1) is 0 Å². The summed E-state index contributed by atoms with van der Waals surface area (Å²) in [6.07, 6.45) is 2.15. The lowest BCUT2D eigenvalue weighted by molar-refractivity contribution is 0.0954. The summed E-state index contributed by atoms with van der Waals surface area (Å²) in [5.74, 6) is 1.11. The number of halogens is 2. The van der Waals surface area contributed by atoms with E-state index in [1.807, 2.05) is 12.1 Å². The summed E-state index contributed by atoms with van der Waals surface area (Å²) in [5, 5.41) is 3.14. The number of rotatable bonds is 6. The van der Waals surface area contributed by atoms with E-state index in [-0.39, 0.29) is 5.91 Å². The van der Waals surface area contributed by atoms with Gasteiger partial charge in [-0.1, -0.05) is 27.5 Å². The predicted molar refractivity (Wildman–Crippen MR) is 92.5 cm³/mol. The molecular formula is C16H16BrClN2O3. The predicted octanol–water partition coefficient (Wildman–Crippen LogP) is 3.49. The van der Waals surface area contributed by atoms with E-state index in [1.165, 1.54) is 12.3 Å². The third kappa shape index (κ3) is 4.59. The largest absolute Gasteiger partial charge is 0.493 e. The van der Waals surface area contributed by atoms with E-state index in [0.717, 1.165) is 10.0 Å². The van der Waals surface area contributed by atoms with Gasteiger partial charge in [0, 0.05) is 22.8 Å². The summed E-state index contributed by atoms with van der Waals surface area (Å²) in [7, 11) is 3.18. The number of aromatic nitrogens is 1. The molecular weight excluding hydrogens is 384 g/mol. The first kappa shape index (κ1) is 17.6. The molecule has 5 nitrogen and oxygen atoms in total. The third-order valence-electron chi connectivity index (χ3n) is 3.22. The van der Waals surface area contributed by atoms with E-state index in [4.69, 9.17) is 21.1 Å². The fraction of sp³-hybridized carbons (Fsp3) is 0.250. The fourth-order valence-electron chi connectivity index (χ4n) is 2.04. The van der Waals surface area contributed by atoms with Crippen molar-refractivity contribution in [1.82, 2.24) is 10.3 Å². The van der Waals surface area contributed by atoms with E-state index in [1.54, 1.807) is 20.3 Å². The molecule has 122 valence electrons. The molecule has 1 heterocycles. The quantitative estimate of drug-likeness (QED) is 0.756. The first-order valence-electron chi connectivity index (χ1n) is 6.85. The molecule has 1 aromatic heterocycles. The molecule has 0 saturated carbocycles. The fourth-order valence-corrected chi connectivity index (χ4v) is 2.74. The molecule has 0 aliphatic carbocycles. The molecule has 1 aromatic carbocycles. The highest BCUT2D eigenvalue weighted by Crippen LogP contribution is 2.33. The summed E-state index contributed by atoms with van der Waals surface area (Å²) in [6.45, 7) is 0.479. The van der Waals surface area contributed by atoms with Crippen molar-refractivity contribution < 1.29 is 14.3 Å². The molecule has 0 radical (unpaired) electrons. The molecule has 0 fully saturated rings. The summed E-state index contributed by atoms with van der Waals surface area (Å²) in [4.78, 5) is 15.9. The Morgan fingerprint density at radius 1 is 1.26 bits per heavy atom. The Bertz CT molecular complexity index is 710. The first-order chi connectivity index (χ1) is 11.0. The van der Waals surface area contributed by atoms with Crippen molar-refractivity contribution in [2.24, 2.45) is 0 Å². The van der Waals surface area contributed by atoms with Crippen molar-refractivity contribution in [1.29, 1.82) is 0 Å². The van der Waals surface area contributed by atoms with E-state index in [2.05, 4.69) is 26.2 Å². The minimum absolute atomic E-state index is 0.189. The Morgan fingerprint density at radius 2 is 1.96 bits per heavy atom. The second-order valence-corrected chi connectivity index (χ2v) is 5.91. The van der Waals surface area contributed by atoms with Crippen molar-refractivity contribution in [3.8, 4) is 11.5 Å². The zero-order chi connectivity index (χ0) is 16.8. The smallest absolute Gasteiger partial charge is 0.251 e. The van der Waals surface area contributed by atoms with Gasteiger partial charge in [0.2, 0.25) is 0 Å². The topological polar surface area (TPSA) is 60.5 Å². The number of pyridine rings is 1. The number of carbonyl (C=O) groups excluding carboxylic acids is 1. The number of carbonyl (C=O) groups is 1. The minimum atomic E-state index is -0.189. The molecule has 1 amide bonds. The first-order valence-corrected chi connectivity index (χ1v) is 8.02. The summed E-state index contributed by atoms with van der Waals surface area (Å²) >= 11 is 9.28. The lowest BCUT2D eigenvalue weighted by Gasteiger charge is -2.12. The van der Waals surface area contributed by atoms with Gasteiger partial charge < -0.3 is 14.8 Å². The third-order valence-corrected chi connectivity index (χ3v) is 4.17. The van der Waals surface area contributed by atoms with Crippen LogP contribution in [0.3, 0.4) is 0 Å². The maximum Gasteiger partial charge on any atom is 0.251 e. The van der Waals surface area contributed by atoms with Gasteiger partial charge in [0.1, 0.15) is 5.15 Å². The second kappa shape index (κ2) is 8.17. The van der Waals surface area contributed by atoms with E-state index in [9.17, 15) is 4.79 Å². The van der Waals surface area contributed by atoms with E-state index >= 15 is 0 Å². The zero-order valence-corrected chi connectivity index (χ0v) is 15.1. The van der Waals surface area contributed by atoms with Gasteiger partial charge in [0.15, 0.2) is 11.5 Å². The molecule has 1 N–H and O–H groups in total. The zero-order valence-electron chi connectivity index (χ0n) is 12.7. The van der Waals surface area contributed by atoms with Gasteiger partial charge in [-0.15, -0.1) is 0 Å². The van der Waals surface area contributed by atoms with Crippen LogP contribution in [0.5, 0.6) is 11.5 Å².